The fourth-order valence-corrected chi connectivity index (χ4v) is 8.66. The smallest absolute Gasteiger partial charge is 0.227 e. The lowest BCUT2D eigenvalue weighted by molar-refractivity contribution is 0.620. The molecule has 5 nitrogen and oxygen atoms in total. The molecule has 0 aliphatic carbocycles. The first-order chi connectivity index (χ1) is 28.7. The summed E-state index contributed by atoms with van der Waals surface area (Å²) < 4.78 is 14.8. The van der Waals surface area contributed by atoms with E-state index in [0.717, 1.165) is 83.3 Å². The highest BCUT2D eigenvalue weighted by Crippen LogP contribution is 2.41. The lowest BCUT2D eigenvalue weighted by Gasteiger charge is -2.26. The third-order valence-corrected chi connectivity index (χ3v) is 11.4. The van der Waals surface area contributed by atoms with Crippen LogP contribution in [0.25, 0.3) is 93.9 Å². The molecule has 0 atom stereocenters. The van der Waals surface area contributed by atoms with E-state index in [1.165, 1.54) is 21.8 Å². The maximum atomic E-state index is 6.24. The highest BCUT2D eigenvalue weighted by atomic mass is 16.3. The number of nitrogens with zero attached hydrogens (tertiary/aromatic N) is 3. The van der Waals surface area contributed by atoms with E-state index in [9.17, 15) is 0 Å². The summed E-state index contributed by atoms with van der Waals surface area (Å²) >= 11 is 0. The molecule has 0 saturated carbocycles. The Labute approximate surface area is 333 Å². The molecule has 12 rings (SSSR count). The van der Waals surface area contributed by atoms with Crippen molar-refractivity contribution in [3.8, 4) is 28.3 Å². The Morgan fingerprint density at radius 1 is 0.379 bits per heavy atom. The predicted molar refractivity (Wildman–Crippen MR) is 239 cm³/mol. The van der Waals surface area contributed by atoms with Crippen LogP contribution in [0.4, 0.5) is 17.1 Å². The number of fused-ring (bicyclic) bond motifs is 9. The third kappa shape index (κ3) is 5.14. The maximum absolute atomic E-state index is 6.24. The summed E-state index contributed by atoms with van der Waals surface area (Å²) in [6.45, 7) is 0. The van der Waals surface area contributed by atoms with Gasteiger partial charge in [-0.2, -0.15) is 0 Å². The Kier molecular flexibility index (Phi) is 7.16. The monoisotopic (exact) mass is 743 g/mol. The highest BCUT2D eigenvalue weighted by molar-refractivity contribution is 6.10. The summed E-state index contributed by atoms with van der Waals surface area (Å²) in [6, 6.07) is 70.5. The summed E-state index contributed by atoms with van der Waals surface area (Å²) in [7, 11) is 0. The zero-order valence-electron chi connectivity index (χ0n) is 31.2. The fourth-order valence-electron chi connectivity index (χ4n) is 8.66. The Morgan fingerprint density at radius 3 is 1.74 bits per heavy atom. The number of hydrogen-bond donors (Lipinski definition) is 0. The Balaban J connectivity index is 0.947. The van der Waals surface area contributed by atoms with Gasteiger partial charge in [0.15, 0.2) is 5.58 Å². The molecule has 0 fully saturated rings. The van der Waals surface area contributed by atoms with Gasteiger partial charge in [0.2, 0.25) is 5.89 Å². The molecule has 0 spiro atoms. The predicted octanol–water partition coefficient (Wildman–Crippen LogP) is 14.8. The summed E-state index contributed by atoms with van der Waals surface area (Å²) in [5.74, 6) is 0.633. The molecule has 0 N–H and O–H groups in total. The molecule has 12 aromatic rings. The van der Waals surface area contributed by atoms with Crippen molar-refractivity contribution in [1.82, 2.24) is 9.55 Å². The van der Waals surface area contributed by atoms with Crippen LogP contribution in [0.1, 0.15) is 0 Å². The molecule has 3 heterocycles. The van der Waals surface area contributed by atoms with Gasteiger partial charge in [0.05, 0.1) is 11.0 Å². The van der Waals surface area contributed by atoms with Crippen molar-refractivity contribution in [1.29, 1.82) is 0 Å². The second-order valence-electron chi connectivity index (χ2n) is 14.8. The minimum Gasteiger partial charge on any atom is -0.456 e. The molecule has 9 aromatic carbocycles. The van der Waals surface area contributed by atoms with Gasteiger partial charge in [-0.05, 0) is 114 Å². The van der Waals surface area contributed by atoms with Crippen LogP contribution < -0.4 is 4.90 Å². The second-order valence-corrected chi connectivity index (χ2v) is 14.8. The first kappa shape index (κ1) is 32.4. The van der Waals surface area contributed by atoms with E-state index in [0.29, 0.717) is 5.89 Å². The Hall–Kier alpha value is -7.89. The molecule has 0 saturated heterocycles. The number of oxazole rings is 1. The van der Waals surface area contributed by atoms with Gasteiger partial charge in [-0.25, -0.2) is 4.98 Å². The quantitative estimate of drug-likeness (QED) is 0.170. The van der Waals surface area contributed by atoms with Crippen LogP contribution in [-0.2, 0) is 0 Å². The molecular weight excluding hydrogens is 711 g/mol. The first-order valence-corrected chi connectivity index (χ1v) is 19.5. The fraction of sp³-hybridized carbons (Fsp3) is 0. The average Bonchev–Trinajstić information content (AvgIpc) is 4.00. The van der Waals surface area contributed by atoms with Crippen LogP contribution in [0.3, 0.4) is 0 Å². The van der Waals surface area contributed by atoms with E-state index >= 15 is 0 Å². The largest absolute Gasteiger partial charge is 0.456 e. The third-order valence-electron chi connectivity index (χ3n) is 11.4. The molecule has 5 heteroatoms. The van der Waals surface area contributed by atoms with Crippen molar-refractivity contribution >= 4 is 82.7 Å². The van der Waals surface area contributed by atoms with Crippen LogP contribution >= 0.6 is 0 Å². The van der Waals surface area contributed by atoms with Crippen molar-refractivity contribution in [3.05, 3.63) is 200 Å². The number of hydrogen-bond acceptors (Lipinski definition) is 4. The van der Waals surface area contributed by atoms with Crippen LogP contribution in [0, 0.1) is 0 Å². The van der Waals surface area contributed by atoms with Crippen molar-refractivity contribution in [2.45, 2.75) is 0 Å². The lowest BCUT2D eigenvalue weighted by atomic mass is 10.00. The lowest BCUT2D eigenvalue weighted by Crippen LogP contribution is -2.10. The Bertz CT molecular complexity index is 3450. The minimum atomic E-state index is 0.633. The molecule has 0 unspecified atom stereocenters. The molecule has 0 radical (unpaired) electrons. The van der Waals surface area contributed by atoms with Crippen LogP contribution in [0.2, 0.25) is 0 Å². The van der Waals surface area contributed by atoms with E-state index < -0.39 is 0 Å². The minimum absolute atomic E-state index is 0.633. The van der Waals surface area contributed by atoms with Crippen molar-refractivity contribution in [2.75, 3.05) is 4.90 Å². The molecule has 0 aliphatic rings. The van der Waals surface area contributed by atoms with Gasteiger partial charge in [0, 0.05) is 55.2 Å². The Morgan fingerprint density at radius 2 is 0.983 bits per heavy atom. The normalized spacial score (nSPS) is 11.8. The summed E-state index contributed by atoms with van der Waals surface area (Å²) in [5.41, 5.74) is 13.3. The zero-order chi connectivity index (χ0) is 38.2. The van der Waals surface area contributed by atoms with Gasteiger partial charge in [-0.1, -0.05) is 103 Å². The topological polar surface area (TPSA) is 47.3 Å². The van der Waals surface area contributed by atoms with E-state index in [4.69, 9.17) is 13.8 Å². The highest BCUT2D eigenvalue weighted by Gasteiger charge is 2.18. The van der Waals surface area contributed by atoms with Crippen LogP contribution in [0.15, 0.2) is 209 Å². The maximum Gasteiger partial charge on any atom is 0.227 e. The van der Waals surface area contributed by atoms with Crippen molar-refractivity contribution < 1.29 is 8.83 Å². The van der Waals surface area contributed by atoms with Crippen LogP contribution in [0.5, 0.6) is 0 Å². The molecule has 0 bridgehead atoms. The molecule has 0 aliphatic heterocycles. The molecule has 3 aromatic heterocycles. The van der Waals surface area contributed by atoms with E-state index in [-0.39, 0.29) is 0 Å². The average molecular weight is 744 g/mol. The second kappa shape index (κ2) is 12.8. The summed E-state index contributed by atoms with van der Waals surface area (Å²) in [6.07, 6.45) is 0. The van der Waals surface area contributed by atoms with Gasteiger partial charge in [-0.15, -0.1) is 0 Å². The van der Waals surface area contributed by atoms with Crippen molar-refractivity contribution in [3.63, 3.8) is 0 Å². The number of anilines is 3. The van der Waals surface area contributed by atoms with E-state index in [2.05, 4.69) is 161 Å². The van der Waals surface area contributed by atoms with Gasteiger partial charge in [0.1, 0.15) is 16.7 Å². The number of aromatic nitrogens is 2. The van der Waals surface area contributed by atoms with Gasteiger partial charge in [0.25, 0.3) is 0 Å². The first-order valence-electron chi connectivity index (χ1n) is 19.5. The van der Waals surface area contributed by atoms with Crippen LogP contribution in [-0.4, -0.2) is 9.55 Å². The van der Waals surface area contributed by atoms with Crippen molar-refractivity contribution in [2.24, 2.45) is 0 Å². The van der Waals surface area contributed by atoms with Gasteiger partial charge >= 0.3 is 0 Å². The standard InChI is InChI=1S/C53H33N3O2/c1-2-10-35(11-3-1)53-54-52-42-29-20-36(32-37(42)21-30-51(52)58-53)34-18-22-38(23-19-34)55(41-28-31-50-46(33-41)45-14-6-9-17-49(45)57-50)39-24-26-40(27-25-39)56-47-15-7-4-12-43(47)44-13-5-8-16-48(44)56/h1-33H. The molecule has 58 heavy (non-hydrogen) atoms. The summed E-state index contributed by atoms with van der Waals surface area (Å²) in [4.78, 5) is 7.23. The van der Waals surface area contributed by atoms with Gasteiger partial charge in [-0.3, -0.25) is 0 Å². The summed E-state index contributed by atoms with van der Waals surface area (Å²) in [5, 5.41) is 6.88. The van der Waals surface area contributed by atoms with Gasteiger partial charge < -0.3 is 18.3 Å². The molecule has 0 amide bonds. The number of para-hydroxylation sites is 3. The number of rotatable bonds is 6. The number of benzene rings is 9. The number of furan rings is 1. The van der Waals surface area contributed by atoms with E-state index in [1.54, 1.807) is 0 Å². The SMILES string of the molecule is c1ccc(-c2nc3c(ccc4cc(-c5ccc(N(c6ccc(-n7c8ccccc8c8ccccc87)cc6)c6ccc7oc8ccccc8c7c6)cc5)ccc43)o2)cc1. The molecule has 272 valence electrons. The molecular formula is C53H33N3O2. The van der Waals surface area contributed by atoms with E-state index in [1.807, 2.05) is 48.5 Å². The zero-order valence-corrected chi connectivity index (χ0v) is 31.2.